The molecule has 0 heterocycles. The van der Waals surface area contributed by atoms with Crippen LogP contribution in [0.4, 0.5) is 0 Å². The van der Waals surface area contributed by atoms with Crippen molar-refractivity contribution in [3.8, 4) is 11.5 Å². The summed E-state index contributed by atoms with van der Waals surface area (Å²) in [4.78, 5) is 47.3. The van der Waals surface area contributed by atoms with E-state index in [0.29, 0.717) is 25.4 Å². The van der Waals surface area contributed by atoms with Crippen LogP contribution in [0.25, 0.3) is 6.08 Å². The van der Waals surface area contributed by atoms with Crippen LogP contribution in [0.1, 0.15) is 102 Å². The fourth-order valence-corrected chi connectivity index (χ4v) is 1.60. The molecule has 0 saturated carbocycles. The van der Waals surface area contributed by atoms with Crippen molar-refractivity contribution in [1.29, 1.82) is 0 Å². The molecule has 0 aliphatic rings. The fourth-order valence-electron chi connectivity index (χ4n) is 1.60. The number of allylic oxidation sites excluding steroid dienone is 4. The Balaban J connectivity index is -0.0000000645. The molecule has 0 radical (unpaired) electrons. The fraction of sp³-hybridized carbons (Fsp3) is 0.485. The summed E-state index contributed by atoms with van der Waals surface area (Å²) in [5, 5.41) is 32.6. The van der Waals surface area contributed by atoms with Gasteiger partial charge in [-0.2, -0.15) is 0 Å². The van der Waals surface area contributed by atoms with Gasteiger partial charge >= 0.3 is 69.3 Å². The van der Waals surface area contributed by atoms with Gasteiger partial charge in [0.2, 0.25) is 0 Å². The zero-order valence-corrected chi connectivity index (χ0v) is 32.3. The second kappa shape index (κ2) is 50.8. The quantitative estimate of drug-likeness (QED) is 0.0941. The number of hydrogen-bond donors (Lipinski definition) is 4. The Kier molecular flexibility index (Phi) is 65.3. The largest absolute Gasteiger partial charge is 1.00 e. The SMILES string of the molecule is C/C=C/C=C/C(=O)O.CC(=O)O.CC=Cc1ccc(OCC)c(O)c1.CCC.CCC(=O)O.CCC=O.CCCOC(C)=O.[H-].[K+]. The summed E-state index contributed by atoms with van der Waals surface area (Å²) < 4.78 is 9.75. The number of ether oxygens (including phenoxy) is 2. The minimum absolute atomic E-state index is 0. The van der Waals surface area contributed by atoms with Gasteiger partial charge < -0.3 is 36.1 Å². The van der Waals surface area contributed by atoms with Gasteiger partial charge in [0, 0.05) is 32.8 Å². The number of carboxylic acids is 3. The predicted octanol–water partition coefficient (Wildman–Crippen LogP) is 4.69. The summed E-state index contributed by atoms with van der Waals surface area (Å²) in [5.74, 6) is -1.96. The molecule has 0 aliphatic carbocycles. The summed E-state index contributed by atoms with van der Waals surface area (Å²) in [6, 6.07) is 5.36. The average molecular weight is 669 g/mol. The van der Waals surface area contributed by atoms with E-state index in [4.69, 9.17) is 24.9 Å². The normalized spacial score (nSPS) is 8.67. The van der Waals surface area contributed by atoms with Crippen molar-refractivity contribution in [1.82, 2.24) is 0 Å². The molecule has 0 spiro atoms. The van der Waals surface area contributed by atoms with Gasteiger partial charge in [0.15, 0.2) is 11.5 Å². The van der Waals surface area contributed by atoms with E-state index >= 15 is 0 Å². The van der Waals surface area contributed by atoms with E-state index in [-0.39, 0.29) is 71.0 Å². The third-order valence-corrected chi connectivity index (χ3v) is 3.16. The van der Waals surface area contributed by atoms with Crippen molar-refractivity contribution in [2.45, 2.75) is 94.9 Å². The number of rotatable bonds is 9. The van der Waals surface area contributed by atoms with Gasteiger partial charge in [0.25, 0.3) is 5.97 Å². The zero-order valence-electron chi connectivity index (χ0n) is 30.2. The van der Waals surface area contributed by atoms with E-state index in [0.717, 1.165) is 31.3 Å². The molecule has 0 saturated heterocycles. The van der Waals surface area contributed by atoms with Crippen molar-refractivity contribution in [3.63, 3.8) is 0 Å². The average Bonchev–Trinajstić information content (AvgIpc) is 2.95. The van der Waals surface area contributed by atoms with Crippen molar-refractivity contribution >= 4 is 36.2 Å². The Morgan fingerprint density at radius 1 is 0.889 bits per heavy atom. The zero-order chi connectivity index (χ0) is 35.8. The van der Waals surface area contributed by atoms with Crippen LogP contribution < -0.4 is 56.1 Å². The molecule has 1 aromatic carbocycles. The standard InChI is InChI=1S/C11H14O2.C6H8O2.C5H10O2.C3H6O2.C3H6O.C3H8.C2H4O2.K.H/c1-3-5-9-6-7-11(13-4-2)10(12)8-9;1-2-3-4-5-6(7)8;1-3-4-7-5(2)6;1-2-3(4)5;1-2-3-4;1-3-2;1-2(3)4;;/h3,5-8,12H,4H2,1-2H3;2-5H,1H3,(H,7,8);3-4H2,1-2H3;2H2,1H3,(H,4,5);3H,2H2,1H3;3H2,1-2H3;1H3,(H,3,4);;/q;;;;;;;+1;-1/b;3-2+,5-4+;;;;;;;. The number of esters is 1. The van der Waals surface area contributed by atoms with E-state index in [9.17, 15) is 24.3 Å². The van der Waals surface area contributed by atoms with Gasteiger partial charge in [-0.15, -0.1) is 0 Å². The summed E-state index contributed by atoms with van der Waals surface area (Å²) >= 11 is 0. The van der Waals surface area contributed by atoms with E-state index in [1.807, 2.05) is 52.8 Å². The van der Waals surface area contributed by atoms with Crippen molar-refractivity contribution < 1.29 is 107 Å². The maximum atomic E-state index is 9.98. The van der Waals surface area contributed by atoms with Crippen LogP contribution in [0.3, 0.4) is 0 Å². The molecule has 256 valence electrons. The molecular formula is C33H57KO11. The number of aliphatic carboxylic acids is 3. The molecule has 0 unspecified atom stereocenters. The monoisotopic (exact) mass is 668 g/mol. The molecular weight excluding hydrogens is 611 g/mol. The number of aromatic hydroxyl groups is 1. The topological polar surface area (TPSA) is 185 Å². The third-order valence-electron chi connectivity index (χ3n) is 3.16. The Morgan fingerprint density at radius 2 is 1.36 bits per heavy atom. The number of phenols is 1. The molecule has 1 rings (SSSR count). The molecule has 45 heavy (non-hydrogen) atoms. The van der Waals surface area contributed by atoms with Crippen LogP contribution in [0.15, 0.2) is 48.6 Å². The number of carbonyl (C=O) groups is 5. The number of carboxylic acid groups (broad SMARTS) is 3. The van der Waals surface area contributed by atoms with Gasteiger partial charge in [-0.1, -0.05) is 77.5 Å². The van der Waals surface area contributed by atoms with Crippen LogP contribution in [-0.4, -0.2) is 63.8 Å². The maximum Gasteiger partial charge on any atom is 1.00 e. The van der Waals surface area contributed by atoms with E-state index in [1.165, 1.54) is 19.4 Å². The Bertz CT molecular complexity index is 928. The first-order valence-electron chi connectivity index (χ1n) is 14.2. The van der Waals surface area contributed by atoms with Gasteiger partial charge in [-0.3, -0.25) is 14.4 Å². The number of phenolic OH excluding ortho intramolecular Hbond substituents is 1. The molecule has 0 bridgehead atoms. The van der Waals surface area contributed by atoms with Crippen LogP contribution in [0.5, 0.6) is 11.5 Å². The first-order valence-corrected chi connectivity index (χ1v) is 14.2. The number of benzene rings is 1. The smallest absolute Gasteiger partial charge is 1.00 e. The Labute approximate surface area is 314 Å². The molecule has 4 N–H and O–H groups in total. The third kappa shape index (κ3) is 79.6. The summed E-state index contributed by atoms with van der Waals surface area (Å²) in [6.07, 6.45) is 13.7. The summed E-state index contributed by atoms with van der Waals surface area (Å²) in [7, 11) is 0. The molecule has 0 atom stereocenters. The minimum Gasteiger partial charge on any atom is -1.00 e. The van der Waals surface area contributed by atoms with Crippen LogP contribution in [-0.2, 0) is 28.7 Å². The van der Waals surface area contributed by atoms with Gasteiger partial charge in [0.1, 0.15) is 6.29 Å². The van der Waals surface area contributed by atoms with Gasteiger partial charge in [-0.25, -0.2) is 4.79 Å². The summed E-state index contributed by atoms with van der Waals surface area (Å²) in [6.45, 7) is 18.9. The van der Waals surface area contributed by atoms with E-state index in [1.54, 1.807) is 31.2 Å². The van der Waals surface area contributed by atoms with Crippen LogP contribution >= 0.6 is 0 Å². The molecule has 11 nitrogen and oxygen atoms in total. The van der Waals surface area contributed by atoms with E-state index in [2.05, 4.69) is 18.6 Å². The van der Waals surface area contributed by atoms with Gasteiger partial charge in [0.05, 0.1) is 13.2 Å². The first-order chi connectivity index (χ1) is 20.6. The molecule has 0 amide bonds. The second-order valence-electron chi connectivity index (χ2n) is 7.77. The number of aldehydes is 1. The van der Waals surface area contributed by atoms with Crippen molar-refractivity contribution in [3.05, 3.63) is 54.1 Å². The molecule has 0 fully saturated rings. The van der Waals surface area contributed by atoms with Crippen LogP contribution in [0, 0.1) is 0 Å². The number of carbonyl (C=O) groups excluding carboxylic acids is 2. The van der Waals surface area contributed by atoms with Crippen molar-refractivity contribution in [2.75, 3.05) is 13.2 Å². The molecule has 0 aromatic heterocycles. The molecule has 1 aromatic rings. The minimum atomic E-state index is -0.914. The maximum absolute atomic E-state index is 9.98. The second-order valence-corrected chi connectivity index (χ2v) is 7.77. The van der Waals surface area contributed by atoms with Crippen LogP contribution in [0.2, 0.25) is 0 Å². The van der Waals surface area contributed by atoms with Gasteiger partial charge in [-0.05, 0) is 44.9 Å². The molecule has 0 aliphatic heterocycles. The molecule has 12 heteroatoms. The Morgan fingerprint density at radius 3 is 1.60 bits per heavy atom. The first kappa shape index (κ1) is 57.8. The van der Waals surface area contributed by atoms with E-state index < -0.39 is 17.9 Å². The number of hydrogen-bond acceptors (Lipinski definition) is 8. The summed E-state index contributed by atoms with van der Waals surface area (Å²) in [5.41, 5.74) is 0.975. The van der Waals surface area contributed by atoms with Crippen molar-refractivity contribution in [2.24, 2.45) is 0 Å². The predicted molar refractivity (Wildman–Crippen MR) is 177 cm³/mol. The Hall–Kier alpha value is -2.77.